The number of allylic oxidation sites excluding steroid dienone is 1. The molecule has 1 N–H and O–H groups in total. The lowest BCUT2D eigenvalue weighted by Gasteiger charge is -2.19. The number of nitrogens with zero attached hydrogens (tertiary/aromatic N) is 1. The lowest BCUT2D eigenvalue weighted by Crippen LogP contribution is -2.22. The highest BCUT2D eigenvalue weighted by atomic mass is 16.4. The fourth-order valence-electron chi connectivity index (χ4n) is 2.65. The highest BCUT2D eigenvalue weighted by Crippen LogP contribution is 2.22. The molecule has 96 valence electrons. The second-order valence-electron chi connectivity index (χ2n) is 4.63. The Kier molecular flexibility index (Phi) is 2.71. The van der Waals surface area contributed by atoms with E-state index in [4.69, 9.17) is 5.11 Å². The average Bonchev–Trinajstić information content (AvgIpc) is 2.43. The summed E-state index contributed by atoms with van der Waals surface area (Å²) < 4.78 is 1.75. The molecule has 1 aliphatic carbocycles. The van der Waals surface area contributed by atoms with Crippen LogP contribution in [0.4, 0.5) is 0 Å². The number of fused-ring (bicyclic) bond motifs is 2. The van der Waals surface area contributed by atoms with Crippen LogP contribution in [-0.2, 0) is 17.8 Å². The summed E-state index contributed by atoms with van der Waals surface area (Å²) in [4.78, 5) is 23.5. The van der Waals surface area contributed by atoms with Crippen molar-refractivity contribution in [2.45, 2.75) is 19.4 Å². The van der Waals surface area contributed by atoms with E-state index in [9.17, 15) is 9.59 Å². The second kappa shape index (κ2) is 4.39. The number of pyridine rings is 1. The summed E-state index contributed by atoms with van der Waals surface area (Å²) in [5, 5.41) is 9.66. The molecule has 0 saturated heterocycles. The predicted octanol–water partition coefficient (Wildman–Crippen LogP) is 2.05. The summed E-state index contributed by atoms with van der Waals surface area (Å²) in [5.41, 5.74) is 2.15. The Labute approximate surface area is 109 Å². The number of para-hydroxylation sites is 1. The zero-order valence-electron chi connectivity index (χ0n) is 10.3. The average molecular weight is 255 g/mol. The van der Waals surface area contributed by atoms with Crippen LogP contribution in [0.2, 0.25) is 0 Å². The van der Waals surface area contributed by atoms with Gasteiger partial charge in [0.25, 0.3) is 0 Å². The largest absolute Gasteiger partial charge is 0.480 e. The first-order valence-electron chi connectivity index (χ1n) is 6.21. The Hall–Kier alpha value is -2.36. The lowest BCUT2D eigenvalue weighted by molar-refractivity contribution is -0.137. The van der Waals surface area contributed by atoms with Gasteiger partial charge in [-0.2, -0.15) is 0 Å². The minimum absolute atomic E-state index is 0.0109. The normalized spacial score (nSPS) is 13.5. The van der Waals surface area contributed by atoms with E-state index in [1.807, 2.05) is 18.2 Å². The minimum atomic E-state index is -0.898. The summed E-state index contributed by atoms with van der Waals surface area (Å²) in [6, 6.07) is 7.18. The van der Waals surface area contributed by atoms with Gasteiger partial charge in [0.1, 0.15) is 6.54 Å². The summed E-state index contributed by atoms with van der Waals surface area (Å²) in [5.74, 6) is -0.898. The van der Waals surface area contributed by atoms with Crippen LogP contribution in [0.1, 0.15) is 17.7 Å². The molecular formula is C15H13NO3. The van der Waals surface area contributed by atoms with Crippen LogP contribution in [-0.4, -0.2) is 15.6 Å². The number of aromatic nitrogens is 1. The fraction of sp³-hybridized carbons (Fsp3) is 0.200. The molecule has 19 heavy (non-hydrogen) atoms. The van der Waals surface area contributed by atoms with E-state index in [-0.39, 0.29) is 12.0 Å². The van der Waals surface area contributed by atoms with E-state index in [0.29, 0.717) is 22.9 Å². The maximum Gasteiger partial charge on any atom is 0.323 e. The van der Waals surface area contributed by atoms with Gasteiger partial charge in [0.15, 0.2) is 5.43 Å². The monoisotopic (exact) mass is 255 g/mol. The Bertz CT molecular complexity index is 756. The van der Waals surface area contributed by atoms with Crippen molar-refractivity contribution < 1.29 is 9.90 Å². The SMILES string of the molecule is O=C(O)Cn1c2c(c(=O)c3ccccc31)C=CCC2. The maximum atomic E-state index is 12.4. The minimum Gasteiger partial charge on any atom is -0.480 e. The summed E-state index contributed by atoms with van der Waals surface area (Å²) in [6.45, 7) is -0.114. The number of hydrogen-bond donors (Lipinski definition) is 1. The molecule has 1 heterocycles. The van der Waals surface area contributed by atoms with Crippen molar-refractivity contribution in [1.82, 2.24) is 4.57 Å². The highest BCUT2D eigenvalue weighted by Gasteiger charge is 2.17. The van der Waals surface area contributed by atoms with Crippen LogP contribution in [0.3, 0.4) is 0 Å². The third-order valence-electron chi connectivity index (χ3n) is 3.45. The van der Waals surface area contributed by atoms with Crippen molar-refractivity contribution in [3.63, 3.8) is 0 Å². The topological polar surface area (TPSA) is 59.3 Å². The van der Waals surface area contributed by atoms with Crippen molar-refractivity contribution >= 4 is 22.9 Å². The highest BCUT2D eigenvalue weighted by molar-refractivity contribution is 5.84. The van der Waals surface area contributed by atoms with E-state index >= 15 is 0 Å². The second-order valence-corrected chi connectivity index (χ2v) is 4.63. The van der Waals surface area contributed by atoms with Gasteiger partial charge in [0, 0.05) is 16.6 Å². The van der Waals surface area contributed by atoms with Gasteiger partial charge in [-0.25, -0.2) is 0 Å². The van der Waals surface area contributed by atoms with Crippen molar-refractivity contribution in [2.24, 2.45) is 0 Å². The lowest BCUT2D eigenvalue weighted by atomic mass is 9.99. The van der Waals surface area contributed by atoms with Crippen molar-refractivity contribution in [1.29, 1.82) is 0 Å². The van der Waals surface area contributed by atoms with E-state index in [2.05, 4.69) is 0 Å². The number of carbonyl (C=O) groups is 1. The Morgan fingerprint density at radius 1 is 1.32 bits per heavy atom. The fourth-order valence-corrected chi connectivity index (χ4v) is 2.65. The molecule has 0 unspecified atom stereocenters. The molecule has 0 atom stereocenters. The van der Waals surface area contributed by atoms with Gasteiger partial charge in [-0.1, -0.05) is 24.3 Å². The van der Waals surface area contributed by atoms with Crippen LogP contribution in [0.5, 0.6) is 0 Å². The first-order chi connectivity index (χ1) is 9.18. The predicted molar refractivity (Wildman–Crippen MR) is 73.2 cm³/mol. The molecule has 0 bridgehead atoms. The molecule has 2 aromatic rings. The van der Waals surface area contributed by atoms with E-state index in [1.54, 1.807) is 22.8 Å². The van der Waals surface area contributed by atoms with Crippen LogP contribution in [0, 0.1) is 0 Å². The van der Waals surface area contributed by atoms with Crippen LogP contribution < -0.4 is 5.43 Å². The summed E-state index contributed by atoms with van der Waals surface area (Å²) >= 11 is 0. The summed E-state index contributed by atoms with van der Waals surface area (Å²) in [7, 11) is 0. The molecule has 0 amide bonds. The molecule has 1 aliphatic rings. The molecule has 0 fully saturated rings. The van der Waals surface area contributed by atoms with Crippen molar-refractivity contribution in [2.75, 3.05) is 0 Å². The van der Waals surface area contributed by atoms with E-state index < -0.39 is 5.97 Å². The zero-order valence-corrected chi connectivity index (χ0v) is 10.3. The van der Waals surface area contributed by atoms with E-state index in [1.165, 1.54) is 0 Å². The quantitative estimate of drug-likeness (QED) is 0.893. The summed E-state index contributed by atoms with van der Waals surface area (Å²) in [6.07, 6.45) is 5.32. The number of rotatable bonds is 2. The first-order valence-corrected chi connectivity index (χ1v) is 6.21. The Balaban J connectivity index is 2.44. The van der Waals surface area contributed by atoms with Gasteiger partial charge < -0.3 is 9.67 Å². The molecular weight excluding hydrogens is 242 g/mol. The van der Waals surface area contributed by atoms with Crippen LogP contribution >= 0.6 is 0 Å². The third-order valence-corrected chi connectivity index (χ3v) is 3.45. The smallest absolute Gasteiger partial charge is 0.323 e. The molecule has 4 heteroatoms. The first kappa shape index (κ1) is 11.7. The van der Waals surface area contributed by atoms with Gasteiger partial charge >= 0.3 is 5.97 Å². The third kappa shape index (κ3) is 1.85. The van der Waals surface area contributed by atoms with Gasteiger partial charge in [-0.05, 0) is 25.0 Å². The molecule has 4 nitrogen and oxygen atoms in total. The number of carboxylic acid groups (broad SMARTS) is 1. The number of aliphatic carboxylic acids is 1. The molecule has 0 aliphatic heterocycles. The maximum absolute atomic E-state index is 12.4. The molecule has 0 spiro atoms. The number of benzene rings is 1. The number of carboxylic acids is 1. The van der Waals surface area contributed by atoms with Crippen LogP contribution in [0.15, 0.2) is 35.1 Å². The molecule has 3 rings (SSSR count). The van der Waals surface area contributed by atoms with Crippen molar-refractivity contribution in [3.8, 4) is 0 Å². The van der Waals surface area contributed by atoms with Gasteiger partial charge in [-0.3, -0.25) is 9.59 Å². The van der Waals surface area contributed by atoms with E-state index in [0.717, 1.165) is 12.1 Å². The molecule has 0 saturated carbocycles. The van der Waals surface area contributed by atoms with Crippen molar-refractivity contribution in [3.05, 3.63) is 51.8 Å². The zero-order chi connectivity index (χ0) is 13.4. The Morgan fingerprint density at radius 2 is 2.11 bits per heavy atom. The number of hydrogen-bond acceptors (Lipinski definition) is 2. The van der Waals surface area contributed by atoms with Crippen LogP contribution in [0.25, 0.3) is 17.0 Å². The Morgan fingerprint density at radius 3 is 2.89 bits per heavy atom. The molecule has 0 radical (unpaired) electrons. The van der Waals surface area contributed by atoms with Gasteiger partial charge in [-0.15, -0.1) is 0 Å². The standard InChI is InChI=1S/C15H13NO3/c17-14(18)9-16-12-7-3-1-5-10(12)15(19)11-6-2-4-8-13(11)16/h1-3,5-7H,4,8-9H2,(H,17,18). The molecule has 1 aromatic heterocycles. The molecule has 1 aromatic carbocycles. The van der Waals surface area contributed by atoms with Gasteiger partial charge in [0.2, 0.25) is 0 Å². The van der Waals surface area contributed by atoms with Gasteiger partial charge in [0.05, 0.1) is 5.52 Å².